The SMILES string of the molecule is CN(c1ccc(F)cc1)c1nc2c(cc1C(N)=S)CCC2. The van der Waals surface area contributed by atoms with Gasteiger partial charge < -0.3 is 10.6 Å². The molecule has 0 aliphatic heterocycles. The number of hydrogen-bond donors (Lipinski definition) is 1. The van der Waals surface area contributed by atoms with Gasteiger partial charge in [0.15, 0.2) is 0 Å². The summed E-state index contributed by atoms with van der Waals surface area (Å²) in [6.07, 6.45) is 3.12. The third kappa shape index (κ3) is 2.61. The zero-order valence-corrected chi connectivity index (χ0v) is 12.6. The average molecular weight is 301 g/mol. The molecule has 0 spiro atoms. The first kappa shape index (κ1) is 13.9. The lowest BCUT2D eigenvalue weighted by Crippen LogP contribution is -2.20. The van der Waals surface area contributed by atoms with Gasteiger partial charge in [-0.15, -0.1) is 0 Å². The molecule has 0 fully saturated rings. The number of nitrogens with two attached hydrogens (primary N) is 1. The number of nitrogens with zero attached hydrogens (tertiary/aromatic N) is 2. The summed E-state index contributed by atoms with van der Waals surface area (Å²) in [5.74, 6) is 0.471. The Morgan fingerprint density at radius 3 is 2.67 bits per heavy atom. The molecule has 21 heavy (non-hydrogen) atoms. The molecule has 1 aliphatic carbocycles. The molecule has 0 radical (unpaired) electrons. The van der Waals surface area contributed by atoms with Crippen LogP contribution in [0.3, 0.4) is 0 Å². The maximum absolute atomic E-state index is 13.1. The minimum atomic E-state index is -0.261. The van der Waals surface area contributed by atoms with Crippen LogP contribution in [0, 0.1) is 5.82 Å². The Morgan fingerprint density at radius 1 is 1.29 bits per heavy atom. The number of aromatic nitrogens is 1. The highest BCUT2D eigenvalue weighted by Crippen LogP contribution is 2.30. The van der Waals surface area contributed by atoms with Crippen molar-refractivity contribution in [3.63, 3.8) is 0 Å². The molecule has 3 nitrogen and oxygen atoms in total. The Hall–Kier alpha value is -2.01. The molecule has 1 aromatic carbocycles. The molecule has 2 N–H and O–H groups in total. The molecule has 0 amide bonds. The Bertz CT molecular complexity index is 697. The Kier molecular flexibility index (Phi) is 3.59. The van der Waals surface area contributed by atoms with Gasteiger partial charge in [-0.3, -0.25) is 0 Å². The van der Waals surface area contributed by atoms with Gasteiger partial charge in [-0.2, -0.15) is 0 Å². The predicted molar refractivity (Wildman–Crippen MR) is 86.6 cm³/mol. The van der Waals surface area contributed by atoms with Crippen LogP contribution in [0.4, 0.5) is 15.9 Å². The predicted octanol–water partition coefficient (Wildman–Crippen LogP) is 3.11. The topological polar surface area (TPSA) is 42.2 Å². The van der Waals surface area contributed by atoms with Crippen LogP contribution in [-0.4, -0.2) is 17.0 Å². The van der Waals surface area contributed by atoms with E-state index in [1.54, 1.807) is 12.1 Å². The number of anilines is 2. The second-order valence-electron chi connectivity index (χ2n) is 5.22. The lowest BCUT2D eigenvalue weighted by atomic mass is 10.1. The molecule has 5 heteroatoms. The molecular weight excluding hydrogens is 285 g/mol. The molecular formula is C16H16FN3S. The standard InChI is InChI=1S/C16H16FN3S/c1-20(12-7-5-11(17)6-8-12)16-13(15(18)21)9-10-3-2-4-14(10)19-16/h5-9H,2-4H2,1H3,(H2,18,21). The number of rotatable bonds is 3. The van der Waals surface area contributed by atoms with E-state index in [4.69, 9.17) is 22.9 Å². The first-order valence-corrected chi connectivity index (χ1v) is 7.29. The highest BCUT2D eigenvalue weighted by molar-refractivity contribution is 7.80. The molecule has 2 aromatic rings. The minimum Gasteiger partial charge on any atom is -0.389 e. The summed E-state index contributed by atoms with van der Waals surface area (Å²) in [4.78, 5) is 6.97. The van der Waals surface area contributed by atoms with Crippen molar-refractivity contribution in [2.24, 2.45) is 5.73 Å². The third-order valence-electron chi connectivity index (χ3n) is 3.83. The van der Waals surface area contributed by atoms with E-state index < -0.39 is 0 Å². The number of fused-ring (bicyclic) bond motifs is 1. The molecule has 1 heterocycles. The van der Waals surface area contributed by atoms with E-state index in [2.05, 4.69) is 0 Å². The second-order valence-corrected chi connectivity index (χ2v) is 5.66. The molecule has 0 saturated carbocycles. The lowest BCUT2D eigenvalue weighted by molar-refractivity contribution is 0.628. The summed E-state index contributed by atoms with van der Waals surface area (Å²) in [6, 6.07) is 8.34. The minimum absolute atomic E-state index is 0.261. The number of benzene rings is 1. The van der Waals surface area contributed by atoms with Gasteiger partial charge in [0.1, 0.15) is 16.6 Å². The fourth-order valence-electron chi connectivity index (χ4n) is 2.69. The van der Waals surface area contributed by atoms with Crippen molar-refractivity contribution >= 4 is 28.7 Å². The van der Waals surface area contributed by atoms with E-state index in [0.29, 0.717) is 4.99 Å². The number of hydrogen-bond acceptors (Lipinski definition) is 3. The third-order valence-corrected chi connectivity index (χ3v) is 4.05. The van der Waals surface area contributed by atoms with Crippen LogP contribution in [0.1, 0.15) is 23.2 Å². The number of halogens is 1. The van der Waals surface area contributed by atoms with Crippen molar-refractivity contribution in [1.29, 1.82) is 0 Å². The van der Waals surface area contributed by atoms with E-state index in [1.165, 1.54) is 17.7 Å². The van der Waals surface area contributed by atoms with E-state index in [0.717, 1.165) is 42.0 Å². The molecule has 1 aromatic heterocycles. The Balaban J connectivity index is 2.08. The highest BCUT2D eigenvalue weighted by Gasteiger charge is 2.20. The van der Waals surface area contributed by atoms with Crippen molar-refractivity contribution in [1.82, 2.24) is 4.98 Å². The highest BCUT2D eigenvalue weighted by atomic mass is 32.1. The second kappa shape index (κ2) is 5.41. The van der Waals surface area contributed by atoms with Crippen molar-refractivity contribution in [3.05, 3.63) is 53.0 Å². The summed E-state index contributed by atoms with van der Waals surface area (Å²) in [6.45, 7) is 0. The summed E-state index contributed by atoms with van der Waals surface area (Å²) in [5.41, 5.74) is 9.82. The van der Waals surface area contributed by atoms with Gasteiger partial charge in [-0.25, -0.2) is 9.37 Å². The number of pyridine rings is 1. The van der Waals surface area contributed by atoms with Gasteiger partial charge in [0, 0.05) is 18.4 Å². The maximum atomic E-state index is 13.1. The largest absolute Gasteiger partial charge is 0.389 e. The smallest absolute Gasteiger partial charge is 0.143 e. The van der Waals surface area contributed by atoms with Crippen LogP contribution < -0.4 is 10.6 Å². The molecule has 108 valence electrons. The fourth-order valence-corrected chi connectivity index (χ4v) is 2.84. The monoisotopic (exact) mass is 301 g/mol. The zero-order chi connectivity index (χ0) is 15.0. The van der Waals surface area contributed by atoms with E-state index in [-0.39, 0.29) is 5.82 Å². The number of aryl methyl sites for hydroxylation is 2. The molecule has 0 unspecified atom stereocenters. The summed E-state index contributed by atoms with van der Waals surface area (Å²) >= 11 is 5.16. The van der Waals surface area contributed by atoms with Crippen molar-refractivity contribution in [2.75, 3.05) is 11.9 Å². The molecule has 1 aliphatic rings. The van der Waals surface area contributed by atoms with E-state index >= 15 is 0 Å². The van der Waals surface area contributed by atoms with Crippen LogP contribution in [0.15, 0.2) is 30.3 Å². The van der Waals surface area contributed by atoms with Gasteiger partial charge in [0.05, 0.1) is 5.56 Å². The fraction of sp³-hybridized carbons (Fsp3) is 0.250. The van der Waals surface area contributed by atoms with Gasteiger partial charge in [-0.1, -0.05) is 12.2 Å². The van der Waals surface area contributed by atoms with Crippen LogP contribution >= 0.6 is 12.2 Å². The zero-order valence-electron chi connectivity index (χ0n) is 11.8. The normalized spacial score (nSPS) is 13.0. The summed E-state index contributed by atoms with van der Waals surface area (Å²) in [5, 5.41) is 0. The Labute approximate surface area is 128 Å². The molecule has 0 atom stereocenters. The molecule has 3 rings (SSSR count). The van der Waals surface area contributed by atoms with Crippen LogP contribution in [0.25, 0.3) is 0 Å². The van der Waals surface area contributed by atoms with Gasteiger partial charge in [0.25, 0.3) is 0 Å². The maximum Gasteiger partial charge on any atom is 0.143 e. The Morgan fingerprint density at radius 2 is 2.00 bits per heavy atom. The van der Waals surface area contributed by atoms with Crippen LogP contribution in [-0.2, 0) is 12.8 Å². The first-order chi connectivity index (χ1) is 10.1. The average Bonchev–Trinajstić information content (AvgIpc) is 2.93. The van der Waals surface area contributed by atoms with Crippen molar-refractivity contribution < 1.29 is 4.39 Å². The summed E-state index contributed by atoms with van der Waals surface area (Å²) in [7, 11) is 1.89. The van der Waals surface area contributed by atoms with Gasteiger partial charge in [-0.05, 0) is 55.2 Å². The molecule has 0 saturated heterocycles. The number of thiocarbonyl (C=S) groups is 1. The quantitative estimate of drug-likeness (QED) is 0.885. The molecule has 0 bridgehead atoms. The van der Waals surface area contributed by atoms with Crippen molar-refractivity contribution in [3.8, 4) is 0 Å². The van der Waals surface area contributed by atoms with E-state index in [9.17, 15) is 4.39 Å². The summed E-state index contributed by atoms with van der Waals surface area (Å²) < 4.78 is 13.1. The first-order valence-electron chi connectivity index (χ1n) is 6.88. The van der Waals surface area contributed by atoms with Crippen molar-refractivity contribution in [2.45, 2.75) is 19.3 Å². The van der Waals surface area contributed by atoms with E-state index in [1.807, 2.05) is 18.0 Å². The van der Waals surface area contributed by atoms with Crippen LogP contribution in [0.2, 0.25) is 0 Å². The van der Waals surface area contributed by atoms with Gasteiger partial charge >= 0.3 is 0 Å². The van der Waals surface area contributed by atoms with Gasteiger partial charge in [0.2, 0.25) is 0 Å². The lowest BCUT2D eigenvalue weighted by Gasteiger charge is -2.22. The van der Waals surface area contributed by atoms with Crippen LogP contribution in [0.5, 0.6) is 0 Å².